The van der Waals surface area contributed by atoms with Crippen LogP contribution < -0.4 is 5.32 Å². The van der Waals surface area contributed by atoms with Gasteiger partial charge in [0.05, 0.1) is 5.60 Å². The fourth-order valence-electron chi connectivity index (χ4n) is 2.77. The van der Waals surface area contributed by atoms with Crippen molar-refractivity contribution in [1.29, 1.82) is 0 Å². The fraction of sp³-hybridized carbons (Fsp3) is 0.389. The summed E-state index contributed by atoms with van der Waals surface area (Å²) >= 11 is 1.72. The number of carbonyl (C=O) groups excluding carboxylic acids is 1. The average Bonchev–Trinajstić information content (AvgIpc) is 3.15. The minimum absolute atomic E-state index is 0.192. The number of aryl methyl sites for hydroxylation is 1. The van der Waals surface area contributed by atoms with Gasteiger partial charge in [-0.3, -0.25) is 4.79 Å². The van der Waals surface area contributed by atoms with Crippen molar-refractivity contribution in [3.05, 3.63) is 41.7 Å². The van der Waals surface area contributed by atoms with Crippen LogP contribution in [0.1, 0.15) is 24.7 Å². The number of hydrogen-bond acceptors (Lipinski definition) is 4. The third kappa shape index (κ3) is 3.62. The van der Waals surface area contributed by atoms with Gasteiger partial charge in [-0.15, -0.1) is 0 Å². The van der Waals surface area contributed by atoms with E-state index in [1.54, 1.807) is 17.8 Å². The van der Waals surface area contributed by atoms with E-state index in [0.717, 1.165) is 40.9 Å². The van der Waals surface area contributed by atoms with Crippen molar-refractivity contribution in [2.75, 3.05) is 18.1 Å². The molecule has 0 aliphatic carbocycles. The predicted octanol–water partition coefficient (Wildman–Crippen LogP) is 2.99. The third-order valence-electron chi connectivity index (χ3n) is 4.11. The molecule has 2 aromatic rings. The second-order valence-corrected chi connectivity index (χ2v) is 6.97. The maximum atomic E-state index is 12.0. The van der Waals surface area contributed by atoms with Crippen molar-refractivity contribution in [2.45, 2.75) is 25.4 Å². The molecule has 2 N–H and O–H groups in total. The van der Waals surface area contributed by atoms with E-state index < -0.39 is 5.60 Å². The number of nitrogens with one attached hydrogen (secondary N) is 1. The molecule has 1 aromatic heterocycles. The summed E-state index contributed by atoms with van der Waals surface area (Å²) in [5.74, 6) is 2.32. The Morgan fingerprint density at radius 3 is 3.04 bits per heavy atom. The highest BCUT2D eigenvalue weighted by Crippen LogP contribution is 2.28. The Kier molecular flexibility index (Phi) is 4.78. The number of amides is 1. The summed E-state index contributed by atoms with van der Waals surface area (Å²) in [6.45, 7) is 2.33. The normalized spacial score (nSPS) is 21.3. The molecule has 0 saturated carbocycles. The Hall–Kier alpha value is -1.72. The Bertz CT molecular complexity index is 729. The molecule has 1 saturated heterocycles. The first-order valence-corrected chi connectivity index (χ1v) is 9.03. The Morgan fingerprint density at radius 2 is 2.30 bits per heavy atom. The largest absolute Gasteiger partial charge is 0.460 e. The maximum absolute atomic E-state index is 12.0. The molecule has 3 rings (SSSR count). The van der Waals surface area contributed by atoms with Gasteiger partial charge in [0, 0.05) is 35.7 Å². The SMILES string of the molecule is CCc1oc2ccccc2c1C=CC(=O)NCC1(O)CCSC1. The van der Waals surface area contributed by atoms with Crippen molar-refractivity contribution in [1.82, 2.24) is 5.32 Å². The zero-order valence-electron chi connectivity index (χ0n) is 13.2. The summed E-state index contributed by atoms with van der Waals surface area (Å²) < 4.78 is 5.81. The van der Waals surface area contributed by atoms with E-state index in [4.69, 9.17) is 4.42 Å². The molecular weight excluding hydrogens is 310 g/mol. The zero-order valence-corrected chi connectivity index (χ0v) is 14.0. The lowest BCUT2D eigenvalue weighted by atomic mass is 10.0. The van der Waals surface area contributed by atoms with Crippen LogP contribution in [0.4, 0.5) is 0 Å². The number of benzene rings is 1. The lowest BCUT2D eigenvalue weighted by Crippen LogP contribution is -2.42. The lowest BCUT2D eigenvalue weighted by Gasteiger charge is -2.20. The summed E-state index contributed by atoms with van der Waals surface area (Å²) in [5.41, 5.74) is 1.03. The highest BCUT2D eigenvalue weighted by molar-refractivity contribution is 7.99. The van der Waals surface area contributed by atoms with E-state index in [2.05, 4.69) is 5.32 Å². The van der Waals surface area contributed by atoms with E-state index in [1.807, 2.05) is 31.2 Å². The van der Waals surface area contributed by atoms with Crippen LogP contribution in [0.25, 0.3) is 17.0 Å². The van der Waals surface area contributed by atoms with Gasteiger partial charge in [-0.2, -0.15) is 11.8 Å². The van der Waals surface area contributed by atoms with Crippen LogP contribution in [0.15, 0.2) is 34.8 Å². The number of para-hydroxylation sites is 1. The molecule has 4 nitrogen and oxygen atoms in total. The average molecular weight is 331 g/mol. The smallest absolute Gasteiger partial charge is 0.244 e. The molecule has 1 amide bonds. The molecule has 1 aliphatic rings. The van der Waals surface area contributed by atoms with Crippen LogP contribution in [0.3, 0.4) is 0 Å². The molecule has 1 unspecified atom stereocenters. The fourth-order valence-corrected chi connectivity index (χ4v) is 4.06. The standard InChI is InChI=1S/C18H21NO3S/c1-2-15-14(13-5-3-4-6-16(13)22-15)7-8-17(20)19-11-18(21)9-10-23-12-18/h3-8,21H,2,9-12H2,1H3,(H,19,20). The Balaban J connectivity index is 1.71. The number of fused-ring (bicyclic) bond motifs is 1. The van der Waals surface area contributed by atoms with Crippen molar-refractivity contribution >= 4 is 34.7 Å². The van der Waals surface area contributed by atoms with Crippen molar-refractivity contribution < 1.29 is 14.3 Å². The van der Waals surface area contributed by atoms with Gasteiger partial charge in [0.15, 0.2) is 0 Å². The molecule has 1 fully saturated rings. The molecule has 23 heavy (non-hydrogen) atoms. The molecule has 1 aliphatic heterocycles. The molecule has 0 bridgehead atoms. The van der Waals surface area contributed by atoms with Gasteiger partial charge < -0.3 is 14.8 Å². The van der Waals surface area contributed by atoms with Gasteiger partial charge in [-0.25, -0.2) is 0 Å². The first-order valence-electron chi connectivity index (χ1n) is 7.88. The van der Waals surface area contributed by atoms with E-state index >= 15 is 0 Å². The van der Waals surface area contributed by atoms with E-state index in [-0.39, 0.29) is 5.91 Å². The molecular formula is C18H21NO3S. The number of aliphatic hydroxyl groups is 1. The van der Waals surface area contributed by atoms with Crippen molar-refractivity contribution in [2.24, 2.45) is 0 Å². The first kappa shape index (κ1) is 16.1. The summed E-state index contributed by atoms with van der Waals surface area (Å²) in [6.07, 6.45) is 4.82. The van der Waals surface area contributed by atoms with Crippen molar-refractivity contribution in [3.63, 3.8) is 0 Å². The summed E-state index contributed by atoms with van der Waals surface area (Å²) in [6, 6.07) is 7.82. The molecule has 5 heteroatoms. The van der Waals surface area contributed by atoms with Gasteiger partial charge in [0.25, 0.3) is 0 Å². The van der Waals surface area contributed by atoms with Gasteiger partial charge in [0.1, 0.15) is 11.3 Å². The second-order valence-electron chi connectivity index (χ2n) is 5.87. The highest BCUT2D eigenvalue weighted by Gasteiger charge is 2.31. The van der Waals surface area contributed by atoms with E-state index in [1.165, 1.54) is 6.08 Å². The van der Waals surface area contributed by atoms with E-state index in [9.17, 15) is 9.90 Å². The maximum Gasteiger partial charge on any atom is 0.244 e. The Morgan fingerprint density at radius 1 is 1.48 bits per heavy atom. The lowest BCUT2D eigenvalue weighted by molar-refractivity contribution is -0.117. The van der Waals surface area contributed by atoms with Crippen LogP contribution >= 0.6 is 11.8 Å². The predicted molar refractivity (Wildman–Crippen MR) is 94.5 cm³/mol. The summed E-state index contributed by atoms with van der Waals surface area (Å²) in [7, 11) is 0. The number of hydrogen-bond donors (Lipinski definition) is 2. The van der Waals surface area contributed by atoms with E-state index in [0.29, 0.717) is 12.3 Å². The molecule has 0 radical (unpaired) electrons. The minimum Gasteiger partial charge on any atom is -0.460 e. The van der Waals surface area contributed by atoms with Gasteiger partial charge in [0.2, 0.25) is 5.91 Å². The quantitative estimate of drug-likeness (QED) is 0.827. The van der Waals surface area contributed by atoms with Gasteiger partial charge >= 0.3 is 0 Å². The zero-order chi connectivity index (χ0) is 16.3. The number of rotatable bonds is 5. The van der Waals surface area contributed by atoms with Crippen LogP contribution in [-0.2, 0) is 11.2 Å². The molecule has 0 spiro atoms. The topological polar surface area (TPSA) is 62.5 Å². The molecule has 1 atom stereocenters. The van der Waals surface area contributed by atoms with Crippen LogP contribution in [-0.4, -0.2) is 34.7 Å². The minimum atomic E-state index is -0.759. The van der Waals surface area contributed by atoms with Crippen LogP contribution in [0, 0.1) is 0 Å². The second kappa shape index (κ2) is 6.81. The molecule has 122 valence electrons. The van der Waals surface area contributed by atoms with Crippen LogP contribution in [0.5, 0.6) is 0 Å². The van der Waals surface area contributed by atoms with Gasteiger partial charge in [-0.05, 0) is 24.3 Å². The van der Waals surface area contributed by atoms with Gasteiger partial charge in [-0.1, -0.05) is 25.1 Å². The van der Waals surface area contributed by atoms with Crippen LogP contribution in [0.2, 0.25) is 0 Å². The highest BCUT2D eigenvalue weighted by atomic mass is 32.2. The summed E-state index contributed by atoms with van der Waals surface area (Å²) in [4.78, 5) is 12.0. The van der Waals surface area contributed by atoms with Crippen molar-refractivity contribution in [3.8, 4) is 0 Å². The molecule has 2 heterocycles. The first-order chi connectivity index (χ1) is 11.1. The number of furan rings is 1. The molecule has 1 aromatic carbocycles. The summed E-state index contributed by atoms with van der Waals surface area (Å²) in [5, 5.41) is 14.0. The number of carbonyl (C=O) groups is 1. The monoisotopic (exact) mass is 331 g/mol. The number of thioether (sulfide) groups is 1. The Labute approximate surface area is 139 Å². The third-order valence-corrected chi connectivity index (χ3v) is 5.34.